The molecule has 4 rings (SSSR count). The summed E-state index contributed by atoms with van der Waals surface area (Å²) in [4.78, 5) is 17.0. The molecule has 0 bridgehead atoms. The summed E-state index contributed by atoms with van der Waals surface area (Å²) in [5.74, 6) is 1.45. The second kappa shape index (κ2) is 8.34. The van der Waals surface area contributed by atoms with Crippen LogP contribution in [0.1, 0.15) is 22.0 Å². The van der Waals surface area contributed by atoms with Gasteiger partial charge in [0.25, 0.3) is 5.91 Å². The van der Waals surface area contributed by atoms with Gasteiger partial charge < -0.3 is 10.1 Å². The van der Waals surface area contributed by atoms with Gasteiger partial charge in [-0.2, -0.15) is 5.10 Å². The summed E-state index contributed by atoms with van der Waals surface area (Å²) in [5.41, 5.74) is 2.40. The van der Waals surface area contributed by atoms with Crippen LogP contribution in [-0.2, 0) is 6.54 Å². The van der Waals surface area contributed by atoms with Crippen LogP contribution in [0.15, 0.2) is 48.5 Å². The number of amides is 1. The minimum Gasteiger partial charge on any atom is -0.497 e. The highest BCUT2D eigenvalue weighted by molar-refractivity contribution is 6.30. The Morgan fingerprint density at radius 3 is 2.77 bits per heavy atom. The number of hydrogen-bond donors (Lipinski definition) is 2. The average molecular weight is 424 g/mol. The van der Waals surface area contributed by atoms with Crippen molar-refractivity contribution in [2.75, 3.05) is 7.11 Å². The number of nitrogens with zero attached hydrogens (tertiary/aromatic N) is 5. The van der Waals surface area contributed by atoms with Gasteiger partial charge in [-0.1, -0.05) is 22.9 Å². The van der Waals surface area contributed by atoms with Crippen molar-refractivity contribution >= 4 is 17.5 Å². The highest BCUT2D eigenvalue weighted by atomic mass is 35.5. The fraction of sp³-hybridized carbons (Fsp3) is 0.150. The molecule has 9 nitrogen and oxygen atoms in total. The molecule has 0 unspecified atom stereocenters. The standard InChI is InChI=1S/C20H18ClN7O2/c1-12-18(25-27-28(12)15-5-3-4-14(21)10-15)20(29)22-11-17-23-19(26-24-17)13-6-8-16(30-2)9-7-13/h3-10H,11H2,1-2H3,(H,22,29)(H,23,24,26). The molecule has 30 heavy (non-hydrogen) atoms. The highest BCUT2D eigenvalue weighted by Gasteiger charge is 2.18. The molecule has 2 N–H and O–H groups in total. The van der Waals surface area contributed by atoms with Crippen LogP contribution in [0.2, 0.25) is 5.02 Å². The molecule has 0 atom stereocenters. The number of ether oxygens (including phenoxy) is 1. The predicted molar refractivity (Wildman–Crippen MR) is 111 cm³/mol. The zero-order chi connectivity index (χ0) is 21.1. The number of rotatable bonds is 6. The number of methoxy groups -OCH3 is 1. The molecule has 4 aromatic rings. The highest BCUT2D eigenvalue weighted by Crippen LogP contribution is 2.19. The zero-order valence-corrected chi connectivity index (χ0v) is 17.0. The minimum atomic E-state index is -0.358. The van der Waals surface area contributed by atoms with Gasteiger partial charge in [-0.15, -0.1) is 5.10 Å². The van der Waals surface area contributed by atoms with Gasteiger partial charge in [0, 0.05) is 10.6 Å². The van der Waals surface area contributed by atoms with Crippen LogP contribution in [0.5, 0.6) is 5.75 Å². The molecule has 2 aromatic carbocycles. The van der Waals surface area contributed by atoms with E-state index in [4.69, 9.17) is 16.3 Å². The van der Waals surface area contributed by atoms with Crippen LogP contribution in [-0.4, -0.2) is 43.2 Å². The normalized spacial score (nSPS) is 10.8. The topological polar surface area (TPSA) is 111 Å². The maximum absolute atomic E-state index is 12.6. The lowest BCUT2D eigenvalue weighted by atomic mass is 10.2. The summed E-state index contributed by atoms with van der Waals surface area (Å²) in [5, 5.41) is 18.4. The molecule has 0 saturated carbocycles. The first-order valence-electron chi connectivity index (χ1n) is 9.07. The fourth-order valence-electron chi connectivity index (χ4n) is 2.88. The number of benzene rings is 2. The summed E-state index contributed by atoms with van der Waals surface area (Å²) in [6, 6.07) is 14.6. The van der Waals surface area contributed by atoms with Crippen LogP contribution in [0, 0.1) is 6.92 Å². The van der Waals surface area contributed by atoms with Crippen molar-refractivity contribution in [1.82, 2.24) is 35.5 Å². The van der Waals surface area contributed by atoms with Crippen LogP contribution in [0.3, 0.4) is 0 Å². The second-order valence-corrected chi connectivity index (χ2v) is 6.87. The number of hydrogen-bond acceptors (Lipinski definition) is 6. The monoisotopic (exact) mass is 423 g/mol. The lowest BCUT2D eigenvalue weighted by molar-refractivity contribution is 0.0944. The number of carbonyl (C=O) groups excluding carboxylic acids is 1. The molecule has 0 spiro atoms. The number of carbonyl (C=O) groups is 1. The summed E-state index contributed by atoms with van der Waals surface area (Å²) in [6.45, 7) is 1.94. The van der Waals surface area contributed by atoms with E-state index in [0.29, 0.717) is 22.4 Å². The van der Waals surface area contributed by atoms with Crippen LogP contribution >= 0.6 is 11.6 Å². The van der Waals surface area contributed by atoms with E-state index in [1.54, 1.807) is 30.8 Å². The van der Waals surface area contributed by atoms with Gasteiger partial charge in [0.15, 0.2) is 11.5 Å². The molecule has 0 aliphatic heterocycles. The third-order valence-electron chi connectivity index (χ3n) is 4.46. The summed E-state index contributed by atoms with van der Waals surface area (Å²) in [7, 11) is 1.61. The fourth-order valence-corrected chi connectivity index (χ4v) is 3.07. The molecular formula is C20H18ClN7O2. The molecule has 0 fully saturated rings. The first-order chi connectivity index (χ1) is 14.5. The summed E-state index contributed by atoms with van der Waals surface area (Å²) < 4.78 is 6.71. The first kappa shape index (κ1) is 19.6. The Hall–Kier alpha value is -3.72. The van der Waals surface area contributed by atoms with E-state index >= 15 is 0 Å². The molecule has 0 radical (unpaired) electrons. The average Bonchev–Trinajstić information content (AvgIpc) is 3.39. The predicted octanol–water partition coefficient (Wildman–Crippen LogP) is 2.95. The molecule has 152 valence electrons. The number of aromatic amines is 1. The lowest BCUT2D eigenvalue weighted by Gasteiger charge is -2.04. The van der Waals surface area contributed by atoms with Crippen molar-refractivity contribution in [2.45, 2.75) is 13.5 Å². The van der Waals surface area contributed by atoms with Crippen LogP contribution < -0.4 is 10.1 Å². The van der Waals surface area contributed by atoms with Crippen molar-refractivity contribution in [1.29, 1.82) is 0 Å². The quantitative estimate of drug-likeness (QED) is 0.493. The zero-order valence-electron chi connectivity index (χ0n) is 16.3. The third kappa shape index (κ3) is 4.01. The molecule has 1 amide bonds. The largest absolute Gasteiger partial charge is 0.497 e. The molecule has 2 aromatic heterocycles. The van der Waals surface area contributed by atoms with Crippen molar-refractivity contribution in [3.05, 3.63) is 70.8 Å². The third-order valence-corrected chi connectivity index (χ3v) is 4.69. The van der Waals surface area contributed by atoms with E-state index in [1.807, 2.05) is 36.4 Å². The Morgan fingerprint density at radius 2 is 2.03 bits per heavy atom. The summed E-state index contributed by atoms with van der Waals surface area (Å²) in [6.07, 6.45) is 0. The molecule has 0 aliphatic rings. The Balaban J connectivity index is 1.43. The van der Waals surface area contributed by atoms with Crippen molar-refractivity contribution < 1.29 is 9.53 Å². The lowest BCUT2D eigenvalue weighted by Crippen LogP contribution is -2.24. The molecular weight excluding hydrogens is 406 g/mol. The first-order valence-corrected chi connectivity index (χ1v) is 9.45. The Bertz CT molecular complexity index is 1180. The van der Waals surface area contributed by atoms with Gasteiger partial charge >= 0.3 is 0 Å². The smallest absolute Gasteiger partial charge is 0.274 e. The van der Waals surface area contributed by atoms with E-state index in [1.165, 1.54) is 0 Å². The van der Waals surface area contributed by atoms with E-state index in [9.17, 15) is 4.79 Å². The second-order valence-electron chi connectivity index (χ2n) is 6.43. The molecule has 2 heterocycles. The maximum atomic E-state index is 12.6. The van der Waals surface area contributed by atoms with Crippen LogP contribution in [0.4, 0.5) is 0 Å². The molecule has 10 heteroatoms. The Labute approximate surface area is 177 Å². The van der Waals surface area contributed by atoms with Crippen molar-refractivity contribution in [3.63, 3.8) is 0 Å². The van der Waals surface area contributed by atoms with Crippen molar-refractivity contribution in [2.24, 2.45) is 0 Å². The number of H-pyrrole nitrogens is 1. The van der Waals surface area contributed by atoms with Gasteiger partial charge in [-0.25, -0.2) is 9.67 Å². The number of nitrogens with one attached hydrogen (secondary N) is 2. The molecule has 0 saturated heterocycles. The van der Waals surface area contributed by atoms with Gasteiger partial charge in [0.1, 0.15) is 11.6 Å². The van der Waals surface area contributed by atoms with E-state index in [-0.39, 0.29) is 18.1 Å². The van der Waals surface area contributed by atoms with E-state index in [2.05, 4.69) is 30.8 Å². The van der Waals surface area contributed by atoms with Gasteiger partial charge in [0.05, 0.1) is 25.0 Å². The Kier molecular flexibility index (Phi) is 5.44. The number of halogens is 1. The van der Waals surface area contributed by atoms with Gasteiger partial charge in [0.2, 0.25) is 0 Å². The Morgan fingerprint density at radius 1 is 1.23 bits per heavy atom. The summed E-state index contributed by atoms with van der Waals surface area (Å²) >= 11 is 6.03. The molecule has 0 aliphatic carbocycles. The van der Waals surface area contributed by atoms with Crippen LogP contribution in [0.25, 0.3) is 17.1 Å². The number of aromatic nitrogens is 6. The maximum Gasteiger partial charge on any atom is 0.274 e. The van der Waals surface area contributed by atoms with Crippen molar-refractivity contribution in [3.8, 4) is 22.8 Å². The van der Waals surface area contributed by atoms with E-state index in [0.717, 1.165) is 17.0 Å². The SMILES string of the molecule is COc1ccc(-c2n[nH]c(CNC(=O)c3nnn(-c4cccc(Cl)c4)c3C)n2)cc1. The van der Waals surface area contributed by atoms with Gasteiger partial charge in [-0.3, -0.25) is 9.89 Å². The van der Waals surface area contributed by atoms with E-state index < -0.39 is 0 Å². The minimum absolute atomic E-state index is 0.172. The van der Waals surface area contributed by atoms with Gasteiger partial charge in [-0.05, 0) is 49.4 Å².